The molecule has 0 spiro atoms. The van der Waals surface area contributed by atoms with Crippen molar-refractivity contribution >= 4 is 0 Å². The van der Waals surface area contributed by atoms with Crippen LogP contribution >= 0.6 is 0 Å². The second-order valence-electron chi connectivity index (χ2n) is 5.11. The Balaban J connectivity index is 2.48. The molecule has 1 aliphatic heterocycles. The molecule has 0 aromatic heterocycles. The van der Waals surface area contributed by atoms with Gasteiger partial charge in [0.1, 0.15) is 0 Å². The second kappa shape index (κ2) is 6.05. The zero-order chi connectivity index (χ0) is 13.1. The van der Waals surface area contributed by atoms with Gasteiger partial charge in [0.15, 0.2) is 0 Å². The summed E-state index contributed by atoms with van der Waals surface area (Å²) in [5.74, 6) is 0.510. The Bertz CT molecular complexity index is 230. The van der Waals surface area contributed by atoms with Crippen LogP contribution < -0.4 is 5.32 Å². The highest BCUT2D eigenvalue weighted by atomic mass is 19.4. The number of hydrogen-bond donors (Lipinski definition) is 1. The Labute approximate surface area is 102 Å². The van der Waals surface area contributed by atoms with Gasteiger partial charge in [0, 0.05) is 31.7 Å². The van der Waals surface area contributed by atoms with Gasteiger partial charge in [-0.1, -0.05) is 20.3 Å². The molecule has 0 amide bonds. The fourth-order valence-electron chi connectivity index (χ4n) is 2.33. The van der Waals surface area contributed by atoms with Gasteiger partial charge < -0.3 is 5.32 Å². The molecule has 0 saturated carbocycles. The molecule has 1 aliphatic rings. The molecule has 1 heterocycles. The van der Waals surface area contributed by atoms with Crippen molar-refractivity contribution in [3.8, 4) is 0 Å². The van der Waals surface area contributed by atoms with Crippen LogP contribution in [0.25, 0.3) is 0 Å². The van der Waals surface area contributed by atoms with E-state index in [1.807, 2.05) is 4.90 Å². The molecule has 0 aliphatic carbocycles. The van der Waals surface area contributed by atoms with E-state index in [1.165, 1.54) is 0 Å². The van der Waals surface area contributed by atoms with Gasteiger partial charge in [0.05, 0.1) is 6.42 Å². The predicted octanol–water partition coefficient (Wildman–Crippen LogP) is 2.65. The molecule has 0 radical (unpaired) electrons. The van der Waals surface area contributed by atoms with Gasteiger partial charge >= 0.3 is 6.18 Å². The fraction of sp³-hybridized carbons (Fsp3) is 1.00. The summed E-state index contributed by atoms with van der Waals surface area (Å²) in [5, 5.41) is 3.39. The Morgan fingerprint density at radius 3 is 2.53 bits per heavy atom. The molecule has 1 N–H and O–H groups in total. The number of nitrogens with zero attached hydrogens (tertiary/aromatic N) is 1. The average Bonchev–Trinajstić information content (AvgIpc) is 2.26. The molecular formula is C12H23F3N2. The third kappa shape index (κ3) is 4.84. The van der Waals surface area contributed by atoms with Crippen LogP contribution in [0.3, 0.4) is 0 Å². The molecule has 5 heteroatoms. The zero-order valence-electron chi connectivity index (χ0n) is 10.8. The monoisotopic (exact) mass is 252 g/mol. The molecule has 0 aromatic carbocycles. The van der Waals surface area contributed by atoms with Gasteiger partial charge in [0.2, 0.25) is 0 Å². The highest BCUT2D eigenvalue weighted by Crippen LogP contribution is 2.25. The normalized spacial score (nSPS) is 26.8. The molecule has 1 fully saturated rings. The number of rotatable bonds is 4. The number of hydrogen-bond acceptors (Lipinski definition) is 2. The van der Waals surface area contributed by atoms with Crippen molar-refractivity contribution in [2.24, 2.45) is 5.92 Å². The average molecular weight is 252 g/mol. The molecule has 3 unspecified atom stereocenters. The van der Waals surface area contributed by atoms with E-state index < -0.39 is 18.6 Å². The first-order valence-corrected chi connectivity index (χ1v) is 6.37. The first kappa shape index (κ1) is 14.8. The van der Waals surface area contributed by atoms with Crippen molar-refractivity contribution in [2.45, 2.75) is 51.9 Å². The highest BCUT2D eigenvalue weighted by Gasteiger charge is 2.34. The van der Waals surface area contributed by atoms with Crippen LogP contribution in [0.1, 0.15) is 33.6 Å². The van der Waals surface area contributed by atoms with Crippen LogP contribution in [-0.4, -0.2) is 42.8 Å². The standard InChI is InChI=1S/C12H23F3N2/c1-4-9(2)11-8-17(6-5-16-11)10(3)7-12(13,14)15/h9-11,16H,4-8H2,1-3H3. The summed E-state index contributed by atoms with van der Waals surface area (Å²) < 4.78 is 37.0. The lowest BCUT2D eigenvalue weighted by Crippen LogP contribution is -2.56. The van der Waals surface area contributed by atoms with Crippen LogP contribution in [0.15, 0.2) is 0 Å². The lowest BCUT2D eigenvalue weighted by atomic mass is 9.96. The summed E-state index contributed by atoms with van der Waals surface area (Å²) in [7, 11) is 0. The van der Waals surface area contributed by atoms with Gasteiger partial charge in [-0.15, -0.1) is 0 Å². The maximum absolute atomic E-state index is 12.3. The van der Waals surface area contributed by atoms with E-state index in [0.29, 0.717) is 18.5 Å². The molecule has 3 atom stereocenters. The summed E-state index contributed by atoms with van der Waals surface area (Å²) in [6.07, 6.45) is -3.71. The quantitative estimate of drug-likeness (QED) is 0.827. The third-order valence-electron chi connectivity index (χ3n) is 3.72. The van der Waals surface area contributed by atoms with Crippen molar-refractivity contribution in [1.29, 1.82) is 0 Å². The molecule has 17 heavy (non-hydrogen) atoms. The maximum Gasteiger partial charge on any atom is 0.390 e. The van der Waals surface area contributed by atoms with E-state index in [9.17, 15) is 13.2 Å². The number of nitrogens with one attached hydrogen (secondary N) is 1. The highest BCUT2D eigenvalue weighted by molar-refractivity contribution is 4.85. The Morgan fingerprint density at radius 2 is 2.00 bits per heavy atom. The van der Waals surface area contributed by atoms with Crippen LogP contribution in [-0.2, 0) is 0 Å². The first-order chi connectivity index (χ1) is 7.83. The van der Waals surface area contributed by atoms with Crippen molar-refractivity contribution in [1.82, 2.24) is 10.2 Å². The molecule has 102 valence electrons. The van der Waals surface area contributed by atoms with Gasteiger partial charge in [-0.25, -0.2) is 0 Å². The van der Waals surface area contributed by atoms with E-state index in [0.717, 1.165) is 19.5 Å². The summed E-state index contributed by atoms with van der Waals surface area (Å²) >= 11 is 0. The Kier molecular flexibility index (Phi) is 5.25. The van der Waals surface area contributed by atoms with E-state index in [1.54, 1.807) is 6.92 Å². The molecule has 1 rings (SSSR count). The number of alkyl halides is 3. The summed E-state index contributed by atoms with van der Waals surface area (Å²) in [4.78, 5) is 1.96. The number of halogens is 3. The summed E-state index contributed by atoms with van der Waals surface area (Å²) in [6.45, 7) is 8.17. The van der Waals surface area contributed by atoms with Gasteiger partial charge in [-0.05, 0) is 12.8 Å². The van der Waals surface area contributed by atoms with Crippen molar-refractivity contribution in [3.05, 3.63) is 0 Å². The fourth-order valence-corrected chi connectivity index (χ4v) is 2.33. The Morgan fingerprint density at radius 1 is 1.35 bits per heavy atom. The minimum atomic E-state index is -4.06. The van der Waals surface area contributed by atoms with Gasteiger partial charge in [-0.2, -0.15) is 13.2 Å². The minimum absolute atomic E-state index is 0.324. The molecule has 0 aromatic rings. The third-order valence-corrected chi connectivity index (χ3v) is 3.72. The molecule has 1 saturated heterocycles. The smallest absolute Gasteiger partial charge is 0.311 e. The topological polar surface area (TPSA) is 15.3 Å². The molecule has 0 bridgehead atoms. The lowest BCUT2D eigenvalue weighted by molar-refractivity contribution is -0.147. The summed E-state index contributed by atoms with van der Waals surface area (Å²) in [6, 6.07) is -0.0897. The first-order valence-electron chi connectivity index (χ1n) is 6.37. The molecule has 2 nitrogen and oxygen atoms in total. The minimum Gasteiger partial charge on any atom is -0.311 e. The van der Waals surface area contributed by atoms with Crippen LogP contribution in [0.2, 0.25) is 0 Å². The van der Waals surface area contributed by atoms with Crippen molar-refractivity contribution < 1.29 is 13.2 Å². The van der Waals surface area contributed by atoms with Crippen molar-refractivity contribution in [2.75, 3.05) is 19.6 Å². The SMILES string of the molecule is CCC(C)C1CN(C(C)CC(F)(F)F)CCN1. The van der Waals surface area contributed by atoms with Crippen LogP contribution in [0.4, 0.5) is 13.2 Å². The van der Waals surface area contributed by atoms with E-state index in [-0.39, 0.29) is 0 Å². The largest absolute Gasteiger partial charge is 0.390 e. The Hall–Kier alpha value is -0.290. The second-order valence-corrected chi connectivity index (χ2v) is 5.11. The van der Waals surface area contributed by atoms with E-state index >= 15 is 0 Å². The van der Waals surface area contributed by atoms with Gasteiger partial charge in [-0.3, -0.25) is 4.90 Å². The zero-order valence-corrected chi connectivity index (χ0v) is 10.8. The summed E-state index contributed by atoms with van der Waals surface area (Å²) in [5.41, 5.74) is 0. The van der Waals surface area contributed by atoms with Crippen LogP contribution in [0, 0.1) is 5.92 Å². The van der Waals surface area contributed by atoms with E-state index in [2.05, 4.69) is 19.2 Å². The van der Waals surface area contributed by atoms with Gasteiger partial charge in [0.25, 0.3) is 0 Å². The van der Waals surface area contributed by atoms with E-state index in [4.69, 9.17) is 0 Å². The lowest BCUT2D eigenvalue weighted by Gasteiger charge is -2.39. The van der Waals surface area contributed by atoms with Crippen LogP contribution in [0.5, 0.6) is 0 Å². The van der Waals surface area contributed by atoms with Crippen molar-refractivity contribution in [3.63, 3.8) is 0 Å². The maximum atomic E-state index is 12.3. The molecular weight excluding hydrogens is 229 g/mol. The number of piperazine rings is 1. The predicted molar refractivity (Wildman–Crippen MR) is 63.0 cm³/mol.